The van der Waals surface area contributed by atoms with Crippen molar-refractivity contribution in [1.82, 2.24) is 4.57 Å². The molecular weight excluding hydrogens is 233 g/mol. The molecule has 0 radical (unpaired) electrons. The summed E-state index contributed by atoms with van der Waals surface area (Å²) in [4.78, 5) is 0. The summed E-state index contributed by atoms with van der Waals surface area (Å²) in [6.07, 6.45) is 2.09. The van der Waals surface area contributed by atoms with Gasteiger partial charge in [-0.05, 0) is 29.9 Å². The number of aromatic nitrogens is 1. The summed E-state index contributed by atoms with van der Waals surface area (Å²) in [7, 11) is 0. The molecule has 2 aromatic rings. The lowest BCUT2D eigenvalue weighted by atomic mass is 10.2. The number of hydrogen-bond donors (Lipinski definition) is 0. The lowest BCUT2D eigenvalue weighted by Gasteiger charge is -2.03. The van der Waals surface area contributed by atoms with Crippen molar-refractivity contribution in [3.8, 4) is 0 Å². The first-order valence-electron chi connectivity index (χ1n) is 6.01. The highest BCUT2D eigenvalue weighted by Gasteiger charge is 2.12. The lowest BCUT2D eigenvalue weighted by Crippen LogP contribution is -1.90. The maximum atomic E-state index is 13.9. The van der Waals surface area contributed by atoms with Crippen molar-refractivity contribution in [2.45, 2.75) is 38.3 Å². The number of rotatable bonds is 4. The maximum Gasteiger partial charge on any atom is 0.132 e. The van der Waals surface area contributed by atoms with Gasteiger partial charge in [0, 0.05) is 23.9 Å². The average Bonchev–Trinajstić information content (AvgIpc) is 2.66. The van der Waals surface area contributed by atoms with E-state index < -0.39 is 0 Å². The van der Waals surface area contributed by atoms with Crippen LogP contribution >= 0.6 is 11.8 Å². The summed E-state index contributed by atoms with van der Waals surface area (Å²) in [5, 5.41) is 1.37. The van der Waals surface area contributed by atoms with E-state index in [0.717, 1.165) is 28.8 Å². The summed E-state index contributed by atoms with van der Waals surface area (Å²) >= 11 is 1.85. The topological polar surface area (TPSA) is 4.93 Å². The van der Waals surface area contributed by atoms with Crippen molar-refractivity contribution in [3.63, 3.8) is 0 Å². The van der Waals surface area contributed by atoms with Crippen molar-refractivity contribution in [1.29, 1.82) is 0 Å². The van der Waals surface area contributed by atoms with Crippen molar-refractivity contribution >= 4 is 22.7 Å². The molecule has 1 heterocycles. The molecule has 92 valence electrons. The van der Waals surface area contributed by atoms with Gasteiger partial charge in [-0.25, -0.2) is 4.39 Å². The van der Waals surface area contributed by atoms with Crippen LogP contribution in [-0.4, -0.2) is 9.82 Å². The summed E-state index contributed by atoms with van der Waals surface area (Å²) in [6.45, 7) is 7.30. The fourth-order valence-electron chi connectivity index (χ4n) is 2.02. The van der Waals surface area contributed by atoms with Gasteiger partial charge in [-0.2, -0.15) is 11.8 Å². The minimum Gasteiger partial charge on any atom is -0.347 e. The van der Waals surface area contributed by atoms with E-state index in [0.29, 0.717) is 5.25 Å². The Balaban J connectivity index is 2.47. The quantitative estimate of drug-likeness (QED) is 0.777. The molecule has 0 N–H and O–H groups in total. The zero-order valence-electron chi connectivity index (χ0n) is 10.5. The molecule has 0 aliphatic carbocycles. The van der Waals surface area contributed by atoms with Gasteiger partial charge in [-0.1, -0.05) is 19.9 Å². The van der Waals surface area contributed by atoms with Crippen LogP contribution in [0.15, 0.2) is 24.4 Å². The first-order chi connectivity index (χ1) is 8.13. The first-order valence-corrected chi connectivity index (χ1v) is 7.06. The SMILES string of the molecule is CCn1cc(CSC(C)C)c2c(F)cccc21. The molecule has 2 rings (SSSR count). The molecule has 1 aromatic carbocycles. The molecule has 0 unspecified atom stereocenters. The van der Waals surface area contributed by atoms with Crippen LogP contribution in [0.3, 0.4) is 0 Å². The molecule has 1 nitrogen and oxygen atoms in total. The van der Waals surface area contributed by atoms with Crippen LogP contribution in [0.4, 0.5) is 4.39 Å². The lowest BCUT2D eigenvalue weighted by molar-refractivity contribution is 0.639. The second kappa shape index (κ2) is 5.13. The fourth-order valence-corrected chi connectivity index (χ4v) is 2.75. The average molecular weight is 251 g/mol. The largest absolute Gasteiger partial charge is 0.347 e. The van der Waals surface area contributed by atoms with E-state index in [4.69, 9.17) is 0 Å². The molecule has 3 heteroatoms. The third kappa shape index (κ3) is 2.49. The van der Waals surface area contributed by atoms with Gasteiger partial charge in [0.25, 0.3) is 0 Å². The summed E-state index contributed by atoms with van der Waals surface area (Å²) in [5.74, 6) is 0.774. The number of nitrogens with zero attached hydrogens (tertiary/aromatic N) is 1. The van der Waals surface area contributed by atoms with E-state index in [-0.39, 0.29) is 5.82 Å². The van der Waals surface area contributed by atoms with Gasteiger partial charge in [0.1, 0.15) is 5.82 Å². The van der Waals surface area contributed by atoms with Crippen LogP contribution in [0.5, 0.6) is 0 Å². The Morgan fingerprint density at radius 1 is 1.35 bits per heavy atom. The summed E-state index contributed by atoms with van der Waals surface area (Å²) in [6, 6.07) is 5.32. The monoisotopic (exact) mass is 251 g/mol. The molecule has 0 atom stereocenters. The second-order valence-electron chi connectivity index (χ2n) is 4.43. The van der Waals surface area contributed by atoms with Crippen molar-refractivity contribution in [2.24, 2.45) is 0 Å². The van der Waals surface area contributed by atoms with E-state index in [1.54, 1.807) is 12.1 Å². The number of halogens is 1. The fraction of sp³-hybridized carbons (Fsp3) is 0.429. The molecule has 0 saturated carbocycles. The standard InChI is InChI=1S/C14H18FNS/c1-4-16-8-11(9-17-10(2)3)14-12(15)6-5-7-13(14)16/h5-8,10H,4,9H2,1-3H3. The van der Waals surface area contributed by atoms with Crippen LogP contribution < -0.4 is 0 Å². The van der Waals surface area contributed by atoms with Crippen LogP contribution in [0.2, 0.25) is 0 Å². The van der Waals surface area contributed by atoms with Crippen molar-refractivity contribution < 1.29 is 4.39 Å². The van der Waals surface area contributed by atoms with Gasteiger partial charge < -0.3 is 4.57 Å². The van der Waals surface area contributed by atoms with Gasteiger partial charge in [-0.3, -0.25) is 0 Å². The van der Waals surface area contributed by atoms with Crippen molar-refractivity contribution in [3.05, 3.63) is 35.8 Å². The Hall–Kier alpha value is -0.960. The minimum atomic E-state index is -0.103. The number of thioether (sulfide) groups is 1. The Labute approximate surface area is 106 Å². The Bertz CT molecular complexity index is 516. The van der Waals surface area contributed by atoms with E-state index in [1.807, 2.05) is 17.8 Å². The summed E-state index contributed by atoms with van der Waals surface area (Å²) < 4.78 is 16.0. The Kier molecular flexibility index (Phi) is 3.77. The third-order valence-electron chi connectivity index (χ3n) is 2.85. The molecule has 0 aliphatic rings. The summed E-state index contributed by atoms with van der Waals surface area (Å²) in [5.41, 5.74) is 2.12. The van der Waals surface area contributed by atoms with Crippen LogP contribution in [0.25, 0.3) is 10.9 Å². The molecule has 0 amide bonds. The first kappa shape index (κ1) is 12.5. The van der Waals surface area contributed by atoms with Crippen LogP contribution in [-0.2, 0) is 12.3 Å². The molecule has 1 aromatic heterocycles. The van der Waals surface area contributed by atoms with E-state index >= 15 is 0 Å². The number of benzene rings is 1. The highest BCUT2D eigenvalue weighted by Crippen LogP contribution is 2.28. The molecule has 0 bridgehead atoms. The molecule has 17 heavy (non-hydrogen) atoms. The van der Waals surface area contributed by atoms with Gasteiger partial charge in [0.15, 0.2) is 0 Å². The highest BCUT2D eigenvalue weighted by atomic mass is 32.2. The van der Waals surface area contributed by atoms with Gasteiger partial charge in [0.05, 0.1) is 5.52 Å². The van der Waals surface area contributed by atoms with Gasteiger partial charge in [-0.15, -0.1) is 0 Å². The number of aryl methyl sites for hydroxylation is 1. The van der Waals surface area contributed by atoms with E-state index in [9.17, 15) is 4.39 Å². The minimum absolute atomic E-state index is 0.103. The molecule has 0 saturated heterocycles. The normalized spacial score (nSPS) is 11.6. The predicted molar refractivity (Wildman–Crippen MR) is 74.0 cm³/mol. The predicted octanol–water partition coefficient (Wildman–Crippen LogP) is 4.44. The number of fused-ring (bicyclic) bond motifs is 1. The van der Waals surface area contributed by atoms with Gasteiger partial charge in [0.2, 0.25) is 0 Å². The maximum absolute atomic E-state index is 13.9. The van der Waals surface area contributed by atoms with Crippen LogP contribution in [0.1, 0.15) is 26.3 Å². The Morgan fingerprint density at radius 3 is 2.76 bits per heavy atom. The smallest absolute Gasteiger partial charge is 0.132 e. The van der Waals surface area contributed by atoms with E-state index in [2.05, 4.69) is 31.5 Å². The molecule has 0 aliphatic heterocycles. The molecule has 0 spiro atoms. The highest BCUT2D eigenvalue weighted by molar-refractivity contribution is 7.99. The van der Waals surface area contributed by atoms with E-state index in [1.165, 1.54) is 0 Å². The van der Waals surface area contributed by atoms with Crippen LogP contribution in [0, 0.1) is 5.82 Å². The number of hydrogen-bond acceptors (Lipinski definition) is 1. The van der Waals surface area contributed by atoms with Crippen molar-refractivity contribution in [2.75, 3.05) is 0 Å². The zero-order chi connectivity index (χ0) is 12.4. The Morgan fingerprint density at radius 2 is 2.12 bits per heavy atom. The third-order valence-corrected chi connectivity index (χ3v) is 3.99. The zero-order valence-corrected chi connectivity index (χ0v) is 11.4. The van der Waals surface area contributed by atoms with Gasteiger partial charge >= 0.3 is 0 Å². The molecule has 0 fully saturated rings. The second-order valence-corrected chi connectivity index (χ2v) is 6.00. The molecular formula is C14H18FNS.